The van der Waals surface area contributed by atoms with Crippen molar-refractivity contribution in [1.82, 2.24) is 0 Å². The summed E-state index contributed by atoms with van der Waals surface area (Å²) in [6, 6.07) is 9.07. The molecule has 2 rings (SSSR count). The summed E-state index contributed by atoms with van der Waals surface area (Å²) in [7, 11) is -2.25. The third-order valence-electron chi connectivity index (χ3n) is 3.04. The van der Waals surface area contributed by atoms with Gasteiger partial charge in [-0.2, -0.15) is 0 Å². The average molecular weight is 345 g/mol. The van der Waals surface area contributed by atoms with Gasteiger partial charge in [-0.3, -0.25) is 4.79 Å². The van der Waals surface area contributed by atoms with Crippen LogP contribution in [0.2, 0.25) is 4.34 Å². The Labute approximate surface area is 132 Å². The summed E-state index contributed by atoms with van der Waals surface area (Å²) in [6.07, 6.45) is 0. The number of benzene rings is 1. The molecule has 0 saturated carbocycles. The number of sulfone groups is 1. The highest BCUT2D eigenvalue weighted by Gasteiger charge is 2.31. The molecule has 0 aliphatic heterocycles. The largest absolute Gasteiger partial charge is 0.497 e. The van der Waals surface area contributed by atoms with Crippen molar-refractivity contribution in [2.45, 2.75) is 17.1 Å². The maximum Gasteiger partial charge on any atom is 0.191 e. The van der Waals surface area contributed by atoms with Gasteiger partial charge in [-0.15, -0.1) is 11.3 Å². The fraction of sp³-hybridized carbons (Fsp3) is 0.214. The molecule has 0 aliphatic carbocycles. The van der Waals surface area contributed by atoms with E-state index in [0.717, 1.165) is 11.3 Å². The smallest absolute Gasteiger partial charge is 0.191 e. The first-order valence-corrected chi connectivity index (χ1v) is 8.78. The van der Waals surface area contributed by atoms with Crippen LogP contribution in [0.4, 0.5) is 0 Å². The zero-order valence-electron chi connectivity index (χ0n) is 11.4. The van der Waals surface area contributed by atoms with Gasteiger partial charge in [0.2, 0.25) is 0 Å². The predicted molar refractivity (Wildman–Crippen MR) is 83.3 cm³/mol. The molecule has 1 aromatic carbocycles. The van der Waals surface area contributed by atoms with Crippen molar-refractivity contribution in [3.63, 3.8) is 0 Å². The Morgan fingerprint density at radius 3 is 2.29 bits per heavy atom. The average Bonchev–Trinajstić information content (AvgIpc) is 2.92. The normalized spacial score (nSPS) is 12.9. The first-order valence-electron chi connectivity index (χ1n) is 6.03. The van der Waals surface area contributed by atoms with E-state index in [-0.39, 0.29) is 4.90 Å². The maximum absolute atomic E-state index is 12.5. The summed E-state index contributed by atoms with van der Waals surface area (Å²) in [5, 5.41) is -1.17. The van der Waals surface area contributed by atoms with Crippen LogP contribution in [0.5, 0.6) is 5.75 Å². The number of carbonyl (C=O) groups is 1. The Balaban J connectivity index is 2.31. The Kier molecular flexibility index (Phi) is 4.70. The van der Waals surface area contributed by atoms with Gasteiger partial charge < -0.3 is 4.74 Å². The number of ketones is 1. The van der Waals surface area contributed by atoms with E-state index in [1.54, 1.807) is 18.2 Å². The Hall–Kier alpha value is -1.37. The molecule has 21 heavy (non-hydrogen) atoms. The summed E-state index contributed by atoms with van der Waals surface area (Å²) in [4.78, 5) is 12.7. The van der Waals surface area contributed by atoms with E-state index in [1.165, 1.54) is 32.2 Å². The minimum Gasteiger partial charge on any atom is -0.497 e. The molecule has 1 aromatic heterocycles. The highest BCUT2D eigenvalue weighted by molar-refractivity contribution is 7.92. The number of ether oxygens (including phenoxy) is 1. The summed E-state index contributed by atoms with van der Waals surface area (Å²) in [5.74, 6) is 0.0979. The molecule has 0 amide bonds. The number of carbonyl (C=O) groups excluding carboxylic acids is 1. The molecule has 7 heteroatoms. The molecule has 1 unspecified atom stereocenters. The molecule has 1 atom stereocenters. The molecule has 0 radical (unpaired) electrons. The summed E-state index contributed by atoms with van der Waals surface area (Å²) < 4.78 is 30.4. The first-order chi connectivity index (χ1) is 9.86. The number of rotatable bonds is 5. The lowest BCUT2D eigenvalue weighted by molar-refractivity contribution is 0.0995. The molecule has 4 nitrogen and oxygen atoms in total. The molecule has 0 aliphatic rings. The molecule has 1 heterocycles. The van der Waals surface area contributed by atoms with E-state index in [2.05, 4.69) is 0 Å². The van der Waals surface area contributed by atoms with Crippen molar-refractivity contribution in [1.29, 1.82) is 0 Å². The van der Waals surface area contributed by atoms with Gasteiger partial charge in [-0.05, 0) is 43.3 Å². The lowest BCUT2D eigenvalue weighted by Gasteiger charge is -2.11. The van der Waals surface area contributed by atoms with Gasteiger partial charge in [0.25, 0.3) is 0 Å². The monoisotopic (exact) mass is 344 g/mol. The molecular weight excluding hydrogens is 332 g/mol. The predicted octanol–water partition coefficient (Wildman–Crippen LogP) is 3.46. The molecular formula is C14H13ClO4S2. The van der Waals surface area contributed by atoms with E-state index in [1.807, 2.05) is 0 Å². The second-order valence-electron chi connectivity index (χ2n) is 4.33. The molecule has 0 saturated heterocycles. The molecule has 2 aromatic rings. The van der Waals surface area contributed by atoms with Crippen LogP contribution in [0.25, 0.3) is 0 Å². The Morgan fingerprint density at radius 2 is 1.81 bits per heavy atom. The summed E-state index contributed by atoms with van der Waals surface area (Å²) >= 11 is 6.85. The Morgan fingerprint density at radius 1 is 1.19 bits per heavy atom. The third kappa shape index (κ3) is 3.28. The third-order valence-corrected chi connectivity index (χ3v) is 6.36. The molecule has 0 bridgehead atoms. The van der Waals surface area contributed by atoms with Crippen LogP contribution >= 0.6 is 22.9 Å². The van der Waals surface area contributed by atoms with Gasteiger partial charge >= 0.3 is 0 Å². The topological polar surface area (TPSA) is 60.4 Å². The minimum atomic E-state index is -3.74. The van der Waals surface area contributed by atoms with Gasteiger partial charge in [0.15, 0.2) is 15.6 Å². The van der Waals surface area contributed by atoms with Crippen molar-refractivity contribution in [2.75, 3.05) is 7.11 Å². The number of halogens is 1. The summed E-state index contributed by atoms with van der Waals surface area (Å²) in [6.45, 7) is 1.38. The number of hydrogen-bond acceptors (Lipinski definition) is 5. The second kappa shape index (κ2) is 6.17. The summed E-state index contributed by atoms with van der Waals surface area (Å²) in [5.41, 5.74) is 0. The number of thiophene rings is 1. The van der Waals surface area contributed by atoms with Crippen molar-refractivity contribution in [2.24, 2.45) is 0 Å². The molecule has 112 valence electrons. The first kappa shape index (κ1) is 16.0. The van der Waals surface area contributed by atoms with Crippen LogP contribution in [-0.4, -0.2) is 26.6 Å². The van der Waals surface area contributed by atoms with Gasteiger partial charge in [0.05, 0.1) is 21.2 Å². The van der Waals surface area contributed by atoms with Crippen molar-refractivity contribution in [3.05, 3.63) is 45.6 Å². The highest BCUT2D eigenvalue weighted by Crippen LogP contribution is 2.26. The van der Waals surface area contributed by atoms with E-state index in [4.69, 9.17) is 16.3 Å². The zero-order chi connectivity index (χ0) is 15.6. The van der Waals surface area contributed by atoms with Crippen molar-refractivity contribution >= 4 is 38.6 Å². The number of Topliss-reactive ketones (excluding diaryl/α,β-unsaturated/α-hetero) is 1. The molecule has 0 fully saturated rings. The van der Waals surface area contributed by atoms with Crippen LogP contribution in [0.15, 0.2) is 41.3 Å². The van der Waals surface area contributed by atoms with Crippen molar-refractivity contribution in [3.8, 4) is 5.75 Å². The molecule has 0 N–H and O–H groups in total. The van der Waals surface area contributed by atoms with E-state index >= 15 is 0 Å². The van der Waals surface area contributed by atoms with E-state index in [9.17, 15) is 13.2 Å². The van der Waals surface area contributed by atoms with E-state index in [0.29, 0.717) is 15.0 Å². The van der Waals surface area contributed by atoms with Crippen LogP contribution < -0.4 is 4.74 Å². The zero-order valence-corrected chi connectivity index (χ0v) is 13.8. The number of methoxy groups -OCH3 is 1. The lowest BCUT2D eigenvalue weighted by Crippen LogP contribution is -2.26. The van der Waals surface area contributed by atoms with Crippen LogP contribution in [0.3, 0.4) is 0 Å². The van der Waals surface area contributed by atoms with E-state index < -0.39 is 20.9 Å². The fourth-order valence-electron chi connectivity index (χ4n) is 1.76. The van der Waals surface area contributed by atoms with Gasteiger partial charge in [0.1, 0.15) is 11.0 Å². The number of hydrogen-bond donors (Lipinski definition) is 0. The maximum atomic E-state index is 12.5. The van der Waals surface area contributed by atoms with Crippen LogP contribution in [0, 0.1) is 0 Å². The van der Waals surface area contributed by atoms with Gasteiger partial charge in [-0.1, -0.05) is 11.6 Å². The van der Waals surface area contributed by atoms with Crippen LogP contribution in [0.1, 0.15) is 16.6 Å². The van der Waals surface area contributed by atoms with Gasteiger partial charge in [-0.25, -0.2) is 8.42 Å². The quantitative estimate of drug-likeness (QED) is 0.779. The van der Waals surface area contributed by atoms with Gasteiger partial charge in [0, 0.05) is 0 Å². The fourth-order valence-corrected chi connectivity index (χ4v) is 4.24. The SMILES string of the molecule is COc1ccc(S(=O)(=O)C(C)C(=O)c2ccc(Cl)s2)cc1. The van der Waals surface area contributed by atoms with Crippen molar-refractivity contribution < 1.29 is 17.9 Å². The standard InChI is InChI=1S/C14H13ClO4S2/c1-9(14(16)12-7-8-13(15)20-12)21(17,18)11-5-3-10(19-2)4-6-11/h3-9H,1-2H3. The lowest BCUT2D eigenvalue weighted by atomic mass is 10.2. The molecule has 0 spiro atoms. The van der Waals surface area contributed by atoms with Crippen LogP contribution in [-0.2, 0) is 9.84 Å². The second-order valence-corrected chi connectivity index (χ2v) is 8.31. The Bertz CT molecular complexity index is 748. The highest BCUT2D eigenvalue weighted by atomic mass is 35.5. The minimum absolute atomic E-state index is 0.0896.